The molecule has 1 aromatic heterocycles. The van der Waals surface area contributed by atoms with E-state index in [0.717, 1.165) is 28.0 Å². The van der Waals surface area contributed by atoms with Crippen LogP contribution >= 0.6 is 0 Å². The van der Waals surface area contributed by atoms with E-state index in [9.17, 15) is 4.79 Å². The number of ether oxygens (including phenoxy) is 1. The molecule has 0 spiro atoms. The summed E-state index contributed by atoms with van der Waals surface area (Å²) in [7, 11) is 0. The van der Waals surface area contributed by atoms with Gasteiger partial charge in [0.25, 0.3) is 5.91 Å². The molecule has 1 N–H and O–H groups in total. The largest absolute Gasteiger partial charge is 0.484 e. The first-order valence-corrected chi connectivity index (χ1v) is 8.07. The molecule has 0 aliphatic rings. The molecule has 0 aliphatic carbocycles. The van der Waals surface area contributed by atoms with Crippen molar-refractivity contribution in [3.63, 3.8) is 0 Å². The van der Waals surface area contributed by atoms with Gasteiger partial charge in [-0.25, -0.2) is 0 Å². The monoisotopic (exact) mass is 323 g/mol. The Labute approximate surface area is 141 Å². The highest BCUT2D eigenvalue weighted by molar-refractivity contribution is 5.78. The molecule has 0 radical (unpaired) electrons. The summed E-state index contributed by atoms with van der Waals surface area (Å²) in [4.78, 5) is 12.0. The van der Waals surface area contributed by atoms with E-state index in [1.807, 2.05) is 68.4 Å². The summed E-state index contributed by atoms with van der Waals surface area (Å²) < 4.78 is 11.3. The molecule has 3 aromatic rings. The highest BCUT2D eigenvalue weighted by Gasteiger charge is 2.12. The lowest BCUT2D eigenvalue weighted by molar-refractivity contribution is -0.123. The van der Waals surface area contributed by atoms with Gasteiger partial charge in [0.05, 0.1) is 0 Å². The van der Waals surface area contributed by atoms with Crippen LogP contribution in [0.25, 0.3) is 11.0 Å². The minimum atomic E-state index is -0.137. The van der Waals surface area contributed by atoms with Crippen LogP contribution < -0.4 is 10.1 Å². The number of carbonyl (C=O) groups excluding carboxylic acids is 1. The van der Waals surface area contributed by atoms with Crippen LogP contribution in [0.1, 0.15) is 18.2 Å². The van der Waals surface area contributed by atoms with Crippen molar-refractivity contribution < 1.29 is 13.9 Å². The van der Waals surface area contributed by atoms with Gasteiger partial charge < -0.3 is 14.5 Å². The number of rotatable bonds is 6. The highest BCUT2D eigenvalue weighted by Crippen LogP contribution is 2.20. The molecule has 0 saturated carbocycles. The Morgan fingerprint density at radius 3 is 2.71 bits per heavy atom. The zero-order valence-corrected chi connectivity index (χ0v) is 13.9. The number of furan rings is 1. The zero-order valence-electron chi connectivity index (χ0n) is 13.9. The van der Waals surface area contributed by atoms with Crippen molar-refractivity contribution in [2.24, 2.45) is 0 Å². The maximum Gasteiger partial charge on any atom is 0.258 e. The van der Waals surface area contributed by atoms with E-state index in [1.54, 1.807) is 0 Å². The minimum absolute atomic E-state index is 0.00925. The van der Waals surface area contributed by atoms with E-state index in [1.165, 1.54) is 0 Å². The van der Waals surface area contributed by atoms with Crippen LogP contribution in [0.2, 0.25) is 0 Å². The minimum Gasteiger partial charge on any atom is -0.484 e. The van der Waals surface area contributed by atoms with Gasteiger partial charge in [0.2, 0.25) is 0 Å². The second-order valence-electron chi connectivity index (χ2n) is 5.98. The molecule has 0 saturated heterocycles. The zero-order chi connectivity index (χ0) is 16.9. The topological polar surface area (TPSA) is 51.5 Å². The standard InChI is InChI=1S/C20H21NO3/c1-14-7-3-5-9-18(14)23-13-20(22)21-15(2)11-17-12-16-8-4-6-10-19(16)24-17/h3-10,12,15H,11,13H2,1-2H3,(H,21,22)/t15-/m0/s1. The lowest BCUT2D eigenvalue weighted by Gasteiger charge is -2.13. The van der Waals surface area contributed by atoms with Gasteiger partial charge in [-0.3, -0.25) is 4.79 Å². The third kappa shape index (κ3) is 3.96. The SMILES string of the molecule is Cc1ccccc1OCC(=O)N[C@@H](C)Cc1cc2ccccc2o1. The summed E-state index contributed by atoms with van der Waals surface area (Å²) in [6.45, 7) is 3.92. The van der Waals surface area contributed by atoms with Crippen LogP contribution in [-0.4, -0.2) is 18.6 Å². The molecular formula is C20H21NO3. The third-order valence-corrected chi connectivity index (χ3v) is 3.84. The fourth-order valence-electron chi connectivity index (χ4n) is 2.67. The molecule has 0 unspecified atom stereocenters. The average Bonchev–Trinajstić information content (AvgIpc) is 2.96. The fourth-order valence-corrected chi connectivity index (χ4v) is 2.67. The number of amides is 1. The number of carbonyl (C=O) groups is 1. The Hall–Kier alpha value is -2.75. The first-order valence-electron chi connectivity index (χ1n) is 8.07. The molecule has 1 amide bonds. The number of fused-ring (bicyclic) bond motifs is 1. The number of para-hydroxylation sites is 2. The summed E-state index contributed by atoms with van der Waals surface area (Å²) in [6, 6.07) is 17.5. The molecule has 0 fully saturated rings. The molecule has 3 rings (SSSR count). The number of nitrogens with one attached hydrogen (secondary N) is 1. The fraction of sp³-hybridized carbons (Fsp3) is 0.250. The van der Waals surface area contributed by atoms with Gasteiger partial charge in [-0.15, -0.1) is 0 Å². The smallest absolute Gasteiger partial charge is 0.258 e. The maximum absolute atomic E-state index is 12.0. The van der Waals surface area contributed by atoms with E-state index < -0.39 is 0 Å². The van der Waals surface area contributed by atoms with Gasteiger partial charge in [0.15, 0.2) is 6.61 Å². The lowest BCUT2D eigenvalue weighted by Crippen LogP contribution is -2.37. The van der Waals surface area contributed by atoms with Crippen LogP contribution in [0.15, 0.2) is 59.0 Å². The molecular weight excluding hydrogens is 302 g/mol. The Bertz CT molecular complexity index is 805. The molecule has 0 bridgehead atoms. The van der Waals surface area contributed by atoms with Crippen LogP contribution in [-0.2, 0) is 11.2 Å². The van der Waals surface area contributed by atoms with Gasteiger partial charge in [0.1, 0.15) is 17.1 Å². The normalized spacial score (nSPS) is 12.1. The van der Waals surface area contributed by atoms with Crippen molar-refractivity contribution in [2.75, 3.05) is 6.61 Å². The van der Waals surface area contributed by atoms with E-state index in [4.69, 9.17) is 9.15 Å². The molecule has 24 heavy (non-hydrogen) atoms. The number of hydrogen-bond donors (Lipinski definition) is 1. The predicted octanol–water partition coefficient (Wildman–Crippen LogP) is 3.87. The van der Waals surface area contributed by atoms with Crippen molar-refractivity contribution in [3.8, 4) is 5.75 Å². The van der Waals surface area contributed by atoms with Crippen LogP contribution in [0.4, 0.5) is 0 Å². The summed E-state index contributed by atoms with van der Waals surface area (Å²) in [6.07, 6.45) is 0.644. The first-order chi connectivity index (χ1) is 11.6. The van der Waals surface area contributed by atoms with E-state index in [-0.39, 0.29) is 18.6 Å². The van der Waals surface area contributed by atoms with Gasteiger partial charge in [-0.05, 0) is 37.6 Å². The second kappa shape index (κ2) is 7.21. The van der Waals surface area contributed by atoms with Gasteiger partial charge >= 0.3 is 0 Å². The van der Waals surface area contributed by atoms with E-state index in [2.05, 4.69) is 5.32 Å². The second-order valence-corrected chi connectivity index (χ2v) is 5.98. The van der Waals surface area contributed by atoms with Crippen LogP contribution in [0.3, 0.4) is 0 Å². The Kier molecular flexibility index (Phi) is 4.85. The van der Waals surface area contributed by atoms with Crippen molar-refractivity contribution >= 4 is 16.9 Å². The van der Waals surface area contributed by atoms with Crippen LogP contribution in [0.5, 0.6) is 5.75 Å². The Balaban J connectivity index is 1.51. The summed E-state index contributed by atoms with van der Waals surface area (Å²) in [5.74, 6) is 1.46. The van der Waals surface area contributed by atoms with Crippen molar-refractivity contribution in [3.05, 3.63) is 65.9 Å². The molecule has 1 heterocycles. The number of hydrogen-bond acceptors (Lipinski definition) is 3. The average molecular weight is 323 g/mol. The highest BCUT2D eigenvalue weighted by atomic mass is 16.5. The van der Waals surface area contributed by atoms with E-state index >= 15 is 0 Å². The Morgan fingerprint density at radius 1 is 1.17 bits per heavy atom. The van der Waals surface area contributed by atoms with E-state index in [0.29, 0.717) is 6.42 Å². The molecule has 0 aliphatic heterocycles. The summed E-state index contributed by atoms with van der Waals surface area (Å²) in [5, 5.41) is 4.02. The summed E-state index contributed by atoms with van der Waals surface area (Å²) in [5.41, 5.74) is 1.88. The van der Waals surface area contributed by atoms with Crippen molar-refractivity contribution in [1.82, 2.24) is 5.32 Å². The quantitative estimate of drug-likeness (QED) is 0.749. The van der Waals surface area contributed by atoms with Gasteiger partial charge in [-0.1, -0.05) is 36.4 Å². The summed E-state index contributed by atoms with van der Waals surface area (Å²) >= 11 is 0. The predicted molar refractivity (Wildman–Crippen MR) is 94.2 cm³/mol. The van der Waals surface area contributed by atoms with Gasteiger partial charge in [0, 0.05) is 17.8 Å². The molecule has 2 aromatic carbocycles. The molecule has 4 heteroatoms. The van der Waals surface area contributed by atoms with Gasteiger partial charge in [-0.2, -0.15) is 0 Å². The number of benzene rings is 2. The first kappa shape index (κ1) is 16.1. The molecule has 4 nitrogen and oxygen atoms in total. The molecule has 1 atom stereocenters. The van der Waals surface area contributed by atoms with Crippen molar-refractivity contribution in [1.29, 1.82) is 0 Å². The molecule has 124 valence electrons. The number of aryl methyl sites for hydroxylation is 1. The maximum atomic E-state index is 12.0. The lowest BCUT2D eigenvalue weighted by atomic mass is 10.2. The Morgan fingerprint density at radius 2 is 1.92 bits per heavy atom. The van der Waals surface area contributed by atoms with Crippen molar-refractivity contribution in [2.45, 2.75) is 26.3 Å². The van der Waals surface area contributed by atoms with Crippen LogP contribution in [0, 0.1) is 6.92 Å². The third-order valence-electron chi connectivity index (χ3n) is 3.84.